The Hall–Kier alpha value is -0.830. The van der Waals surface area contributed by atoms with Crippen LogP contribution in [0.25, 0.3) is 0 Å². The van der Waals surface area contributed by atoms with Gasteiger partial charge in [0.15, 0.2) is 0 Å². The lowest BCUT2D eigenvalue weighted by molar-refractivity contribution is -0.149. The number of hydrogen-bond donors (Lipinski definition) is 0. The van der Waals surface area contributed by atoms with Crippen LogP contribution >= 0.6 is 11.6 Å². The van der Waals surface area contributed by atoms with Gasteiger partial charge in [-0.05, 0) is 42.2 Å². The molecule has 0 aromatic rings. The minimum absolute atomic E-state index is 0.0451. The monoisotopic (exact) mass is 272 g/mol. The van der Waals surface area contributed by atoms with Crippen LogP contribution in [0.3, 0.4) is 0 Å². The van der Waals surface area contributed by atoms with Crippen molar-refractivity contribution < 1.29 is 14.3 Å². The van der Waals surface area contributed by atoms with E-state index in [1.807, 2.05) is 0 Å². The van der Waals surface area contributed by atoms with Crippen LogP contribution in [0.2, 0.25) is 0 Å². The van der Waals surface area contributed by atoms with E-state index in [4.69, 9.17) is 16.3 Å². The van der Waals surface area contributed by atoms with Crippen LogP contribution < -0.4 is 0 Å². The van der Waals surface area contributed by atoms with Crippen LogP contribution in [-0.4, -0.2) is 17.3 Å². The molecule has 102 valence electrons. The highest BCUT2D eigenvalue weighted by Gasteiger charge is 2.32. The van der Waals surface area contributed by atoms with Gasteiger partial charge >= 0.3 is 5.97 Å². The number of esters is 1. The van der Waals surface area contributed by atoms with Crippen molar-refractivity contribution in [2.45, 2.75) is 46.1 Å². The Morgan fingerprint density at radius 1 is 1.28 bits per heavy atom. The molecule has 0 aromatic carbocycles. The third-order valence-corrected chi connectivity index (χ3v) is 3.71. The summed E-state index contributed by atoms with van der Waals surface area (Å²) in [5, 5.41) is -0.663. The van der Waals surface area contributed by atoms with Crippen LogP contribution in [0.4, 0.5) is 0 Å². The number of allylic oxidation sites excluding steroid dienone is 1. The average Bonchev–Trinajstić information content (AvgIpc) is 2.26. The first kappa shape index (κ1) is 15.2. The Bertz CT molecular complexity index is 336. The number of ether oxygens (including phenoxy) is 1. The molecular formula is C14H21ClO3. The number of hydrogen-bond acceptors (Lipinski definition) is 3. The molecule has 0 N–H and O–H groups in total. The van der Waals surface area contributed by atoms with Crippen LogP contribution in [0.15, 0.2) is 12.2 Å². The number of carbonyl (C=O) groups excluding carboxylic acids is 2. The van der Waals surface area contributed by atoms with Crippen LogP contribution in [0.5, 0.6) is 0 Å². The predicted molar refractivity (Wildman–Crippen MR) is 71.2 cm³/mol. The zero-order valence-corrected chi connectivity index (χ0v) is 11.9. The van der Waals surface area contributed by atoms with E-state index in [0.717, 1.165) is 25.0 Å². The molecule has 1 aliphatic carbocycles. The first-order valence-electron chi connectivity index (χ1n) is 6.48. The van der Waals surface area contributed by atoms with Crippen molar-refractivity contribution in [3.05, 3.63) is 12.2 Å². The first-order valence-corrected chi connectivity index (χ1v) is 6.86. The van der Waals surface area contributed by atoms with Gasteiger partial charge in [-0.3, -0.25) is 4.79 Å². The van der Waals surface area contributed by atoms with Gasteiger partial charge in [0.1, 0.15) is 6.10 Å². The van der Waals surface area contributed by atoms with Gasteiger partial charge in [0, 0.05) is 12.2 Å². The standard InChI is InChI=1S/C14H21ClO3/c1-9(2)11-5-4-10(3)8-12(11)18-14(17)7-6-13(15)16/h6-7,9-12H,4-5,8H2,1-3H3. The van der Waals surface area contributed by atoms with Crippen molar-refractivity contribution in [3.8, 4) is 0 Å². The van der Waals surface area contributed by atoms with E-state index in [0.29, 0.717) is 17.8 Å². The molecule has 0 amide bonds. The quantitative estimate of drug-likeness (QED) is 0.448. The van der Waals surface area contributed by atoms with Gasteiger partial charge in [-0.1, -0.05) is 27.2 Å². The van der Waals surface area contributed by atoms with Crippen molar-refractivity contribution >= 4 is 22.8 Å². The van der Waals surface area contributed by atoms with Crippen molar-refractivity contribution in [2.75, 3.05) is 0 Å². The highest BCUT2D eigenvalue weighted by molar-refractivity contribution is 6.66. The normalized spacial score (nSPS) is 28.6. The maximum absolute atomic E-state index is 11.6. The topological polar surface area (TPSA) is 43.4 Å². The van der Waals surface area contributed by atoms with Gasteiger partial charge in [-0.2, -0.15) is 0 Å². The summed E-state index contributed by atoms with van der Waals surface area (Å²) in [7, 11) is 0. The molecule has 0 spiro atoms. The van der Waals surface area contributed by atoms with Crippen molar-refractivity contribution in [3.63, 3.8) is 0 Å². The summed E-state index contributed by atoms with van der Waals surface area (Å²) >= 11 is 5.13. The molecule has 0 aliphatic heterocycles. The molecule has 1 fully saturated rings. The van der Waals surface area contributed by atoms with E-state index in [2.05, 4.69) is 20.8 Å². The fourth-order valence-corrected chi connectivity index (χ4v) is 2.64. The second kappa shape index (κ2) is 6.93. The minimum Gasteiger partial charge on any atom is -0.459 e. The Morgan fingerprint density at radius 3 is 2.50 bits per heavy atom. The molecule has 0 saturated heterocycles. The zero-order valence-electron chi connectivity index (χ0n) is 11.2. The lowest BCUT2D eigenvalue weighted by Crippen LogP contribution is -2.35. The summed E-state index contributed by atoms with van der Waals surface area (Å²) in [4.78, 5) is 22.1. The van der Waals surface area contributed by atoms with E-state index in [-0.39, 0.29) is 6.10 Å². The second-order valence-electron chi connectivity index (χ2n) is 5.44. The third kappa shape index (κ3) is 4.81. The van der Waals surface area contributed by atoms with E-state index < -0.39 is 11.2 Å². The highest BCUT2D eigenvalue weighted by atomic mass is 35.5. The van der Waals surface area contributed by atoms with Crippen molar-refractivity contribution in [1.82, 2.24) is 0 Å². The summed E-state index contributed by atoms with van der Waals surface area (Å²) in [5.41, 5.74) is 0. The average molecular weight is 273 g/mol. The summed E-state index contributed by atoms with van der Waals surface area (Å²) < 4.78 is 5.45. The molecule has 0 bridgehead atoms. The summed E-state index contributed by atoms with van der Waals surface area (Å²) in [5.74, 6) is 1.00. The molecule has 3 atom stereocenters. The highest BCUT2D eigenvalue weighted by Crippen LogP contribution is 2.35. The lowest BCUT2D eigenvalue weighted by atomic mass is 9.75. The largest absolute Gasteiger partial charge is 0.459 e. The molecule has 1 aliphatic rings. The first-order chi connectivity index (χ1) is 8.40. The third-order valence-electron chi connectivity index (χ3n) is 3.58. The maximum Gasteiger partial charge on any atom is 0.331 e. The zero-order chi connectivity index (χ0) is 13.7. The van der Waals surface area contributed by atoms with Gasteiger partial charge < -0.3 is 4.74 Å². The summed E-state index contributed by atoms with van der Waals surface area (Å²) in [6.07, 6.45) is 5.27. The van der Waals surface area contributed by atoms with Crippen LogP contribution in [0, 0.1) is 17.8 Å². The number of rotatable bonds is 4. The van der Waals surface area contributed by atoms with Gasteiger partial charge in [-0.15, -0.1) is 0 Å². The number of carbonyl (C=O) groups is 2. The van der Waals surface area contributed by atoms with Gasteiger partial charge in [0.2, 0.25) is 5.24 Å². The maximum atomic E-state index is 11.6. The minimum atomic E-state index is -0.663. The van der Waals surface area contributed by atoms with E-state index in [9.17, 15) is 9.59 Å². The SMILES string of the molecule is CC1CCC(C(C)C)C(OC(=O)C=CC(=O)Cl)C1. The molecule has 18 heavy (non-hydrogen) atoms. The molecular weight excluding hydrogens is 252 g/mol. The molecule has 4 heteroatoms. The second-order valence-corrected chi connectivity index (χ2v) is 5.81. The lowest BCUT2D eigenvalue weighted by Gasteiger charge is -2.36. The Labute approximate surface area is 114 Å². The van der Waals surface area contributed by atoms with Gasteiger partial charge in [-0.25, -0.2) is 4.79 Å². The number of halogens is 1. The van der Waals surface area contributed by atoms with Crippen molar-refractivity contribution in [1.29, 1.82) is 0 Å². The molecule has 3 nitrogen and oxygen atoms in total. The van der Waals surface area contributed by atoms with E-state index >= 15 is 0 Å². The fourth-order valence-electron chi connectivity index (χ4n) is 2.57. The van der Waals surface area contributed by atoms with Crippen molar-refractivity contribution in [2.24, 2.45) is 17.8 Å². The van der Waals surface area contributed by atoms with Gasteiger partial charge in [0.05, 0.1) is 0 Å². The van der Waals surface area contributed by atoms with Crippen LogP contribution in [0.1, 0.15) is 40.0 Å². The van der Waals surface area contributed by atoms with E-state index in [1.54, 1.807) is 0 Å². The molecule has 3 unspecified atom stereocenters. The fraction of sp³-hybridized carbons (Fsp3) is 0.714. The molecule has 0 aromatic heterocycles. The molecule has 0 radical (unpaired) electrons. The molecule has 1 rings (SSSR count). The molecule has 0 heterocycles. The Balaban J connectivity index is 2.60. The Kier molecular flexibility index (Phi) is 5.86. The summed E-state index contributed by atoms with van der Waals surface area (Å²) in [6, 6.07) is 0. The Morgan fingerprint density at radius 2 is 1.94 bits per heavy atom. The van der Waals surface area contributed by atoms with Gasteiger partial charge in [0.25, 0.3) is 0 Å². The summed E-state index contributed by atoms with van der Waals surface area (Å²) in [6.45, 7) is 6.48. The smallest absolute Gasteiger partial charge is 0.331 e. The molecule has 1 saturated carbocycles. The predicted octanol–water partition coefficient (Wildman–Crippen LogP) is 3.31. The van der Waals surface area contributed by atoms with E-state index in [1.165, 1.54) is 6.42 Å². The van der Waals surface area contributed by atoms with Crippen LogP contribution in [-0.2, 0) is 14.3 Å².